The molecule has 0 unspecified atom stereocenters. The first kappa shape index (κ1) is 15.5. The van der Waals surface area contributed by atoms with Crippen molar-refractivity contribution in [3.05, 3.63) is 0 Å². The summed E-state index contributed by atoms with van der Waals surface area (Å²) in [4.78, 5) is 32.9. The molecule has 1 saturated carbocycles. The molecule has 0 aromatic carbocycles. The second-order valence-electron chi connectivity index (χ2n) is 5.10. The zero-order chi connectivity index (χ0) is 14.3. The largest absolute Gasteiger partial charge is 0.481 e. The van der Waals surface area contributed by atoms with Crippen molar-refractivity contribution in [2.45, 2.75) is 57.4 Å². The van der Waals surface area contributed by atoms with E-state index >= 15 is 0 Å². The van der Waals surface area contributed by atoms with Crippen LogP contribution in [0.3, 0.4) is 0 Å². The molecular weight excluding hydrogens is 250 g/mol. The van der Waals surface area contributed by atoms with Crippen LogP contribution in [-0.4, -0.2) is 34.1 Å². The van der Waals surface area contributed by atoms with Gasteiger partial charge in [-0.1, -0.05) is 32.1 Å². The summed E-state index contributed by atoms with van der Waals surface area (Å²) in [5.41, 5.74) is 0. The van der Waals surface area contributed by atoms with Crippen LogP contribution in [0.4, 0.5) is 0 Å². The third-order valence-electron chi connectivity index (χ3n) is 3.52. The van der Waals surface area contributed by atoms with Gasteiger partial charge in [-0.25, -0.2) is 4.79 Å². The van der Waals surface area contributed by atoms with Crippen LogP contribution in [0.2, 0.25) is 0 Å². The number of amides is 1. The highest BCUT2D eigenvalue weighted by Gasteiger charge is 2.23. The molecule has 1 amide bonds. The average molecular weight is 271 g/mol. The van der Waals surface area contributed by atoms with Crippen LogP contribution in [0.1, 0.15) is 51.4 Å². The molecule has 0 bridgehead atoms. The van der Waals surface area contributed by atoms with E-state index in [4.69, 9.17) is 10.2 Å². The first-order chi connectivity index (χ1) is 8.99. The molecule has 0 saturated heterocycles. The van der Waals surface area contributed by atoms with Crippen LogP contribution >= 0.6 is 0 Å². The fourth-order valence-corrected chi connectivity index (χ4v) is 2.45. The van der Waals surface area contributed by atoms with Gasteiger partial charge in [0.15, 0.2) is 0 Å². The van der Waals surface area contributed by atoms with Crippen molar-refractivity contribution in [2.75, 3.05) is 0 Å². The second-order valence-corrected chi connectivity index (χ2v) is 5.10. The Balaban J connectivity index is 2.31. The molecule has 0 heterocycles. The average Bonchev–Trinajstić information content (AvgIpc) is 2.36. The van der Waals surface area contributed by atoms with E-state index < -0.39 is 24.4 Å². The van der Waals surface area contributed by atoms with Crippen molar-refractivity contribution in [3.63, 3.8) is 0 Å². The normalized spacial score (nSPS) is 17.7. The van der Waals surface area contributed by atoms with Gasteiger partial charge in [0.2, 0.25) is 5.91 Å². The first-order valence-corrected chi connectivity index (χ1v) is 6.73. The lowest BCUT2D eigenvalue weighted by atomic mass is 9.86. The fraction of sp³-hybridized carbons (Fsp3) is 0.769. The summed E-state index contributed by atoms with van der Waals surface area (Å²) in [5.74, 6) is -2.38. The Morgan fingerprint density at radius 2 is 1.74 bits per heavy atom. The van der Waals surface area contributed by atoms with E-state index in [2.05, 4.69) is 5.32 Å². The predicted molar refractivity (Wildman–Crippen MR) is 67.6 cm³/mol. The molecule has 108 valence electrons. The van der Waals surface area contributed by atoms with Crippen molar-refractivity contribution >= 4 is 17.8 Å². The molecule has 1 aliphatic rings. The van der Waals surface area contributed by atoms with Crippen LogP contribution in [-0.2, 0) is 14.4 Å². The minimum atomic E-state index is -1.34. The van der Waals surface area contributed by atoms with E-state index in [1.165, 1.54) is 19.3 Å². The van der Waals surface area contributed by atoms with Gasteiger partial charge in [0.25, 0.3) is 0 Å². The molecule has 0 aromatic heterocycles. The molecule has 6 heteroatoms. The number of aliphatic carboxylic acids is 2. The van der Waals surface area contributed by atoms with Crippen LogP contribution in [0.5, 0.6) is 0 Å². The van der Waals surface area contributed by atoms with Crippen LogP contribution < -0.4 is 5.32 Å². The predicted octanol–water partition coefficient (Wildman–Crippen LogP) is 1.39. The molecule has 3 N–H and O–H groups in total. The zero-order valence-corrected chi connectivity index (χ0v) is 10.9. The van der Waals surface area contributed by atoms with Crippen molar-refractivity contribution in [3.8, 4) is 0 Å². The topological polar surface area (TPSA) is 104 Å². The number of rotatable bonds is 7. The van der Waals surface area contributed by atoms with Gasteiger partial charge < -0.3 is 15.5 Å². The maximum atomic E-state index is 11.6. The summed E-state index contributed by atoms with van der Waals surface area (Å²) in [6.45, 7) is 0. The van der Waals surface area contributed by atoms with Crippen LogP contribution in [0.15, 0.2) is 0 Å². The highest BCUT2D eigenvalue weighted by atomic mass is 16.4. The van der Waals surface area contributed by atoms with Crippen molar-refractivity contribution < 1.29 is 24.6 Å². The number of hydrogen-bond donors (Lipinski definition) is 3. The van der Waals surface area contributed by atoms with E-state index in [1.807, 2.05) is 0 Å². The first-order valence-electron chi connectivity index (χ1n) is 6.73. The van der Waals surface area contributed by atoms with E-state index in [1.54, 1.807) is 0 Å². The molecule has 1 atom stereocenters. The molecule has 0 aromatic rings. The summed E-state index contributed by atoms with van der Waals surface area (Å²) in [5, 5.41) is 19.6. The summed E-state index contributed by atoms with van der Waals surface area (Å²) in [7, 11) is 0. The van der Waals surface area contributed by atoms with Gasteiger partial charge in [0.1, 0.15) is 6.04 Å². The number of carbonyl (C=O) groups is 3. The fourth-order valence-electron chi connectivity index (χ4n) is 2.45. The SMILES string of the molecule is O=C(O)C[C@H](NC(=O)CCC1CCCCC1)C(=O)O. The number of carboxylic acids is 2. The van der Waals surface area contributed by atoms with Gasteiger partial charge in [0.05, 0.1) is 6.42 Å². The lowest BCUT2D eigenvalue weighted by Gasteiger charge is -2.21. The molecule has 6 nitrogen and oxygen atoms in total. The number of nitrogens with one attached hydrogen (secondary N) is 1. The summed E-state index contributed by atoms with van der Waals surface area (Å²) >= 11 is 0. The van der Waals surface area contributed by atoms with Crippen molar-refractivity contribution in [2.24, 2.45) is 5.92 Å². The monoisotopic (exact) mass is 271 g/mol. The molecular formula is C13H21NO5. The highest BCUT2D eigenvalue weighted by Crippen LogP contribution is 2.27. The summed E-state index contributed by atoms with van der Waals surface area (Å²) in [6, 6.07) is -1.34. The van der Waals surface area contributed by atoms with E-state index in [0.29, 0.717) is 5.92 Å². The van der Waals surface area contributed by atoms with Gasteiger partial charge in [0, 0.05) is 6.42 Å². The lowest BCUT2D eigenvalue weighted by Crippen LogP contribution is -2.42. The Hall–Kier alpha value is -1.59. The second kappa shape index (κ2) is 7.76. The molecule has 0 aliphatic heterocycles. The minimum Gasteiger partial charge on any atom is -0.481 e. The van der Waals surface area contributed by atoms with Gasteiger partial charge in [-0.2, -0.15) is 0 Å². The smallest absolute Gasteiger partial charge is 0.326 e. The van der Waals surface area contributed by atoms with E-state index in [0.717, 1.165) is 19.3 Å². The maximum Gasteiger partial charge on any atom is 0.326 e. The molecule has 1 rings (SSSR count). The van der Waals surface area contributed by atoms with Gasteiger partial charge >= 0.3 is 11.9 Å². The standard InChI is InChI=1S/C13H21NO5/c15-11(7-6-9-4-2-1-3-5-9)14-10(13(18)19)8-12(16)17/h9-10H,1-8H2,(H,14,15)(H,16,17)(H,18,19)/t10-/m0/s1. The molecule has 1 aliphatic carbocycles. The summed E-state index contributed by atoms with van der Waals surface area (Å²) in [6.07, 6.45) is 6.34. The zero-order valence-electron chi connectivity index (χ0n) is 10.9. The van der Waals surface area contributed by atoms with E-state index in [-0.39, 0.29) is 12.3 Å². The third-order valence-corrected chi connectivity index (χ3v) is 3.52. The maximum absolute atomic E-state index is 11.6. The van der Waals surface area contributed by atoms with Gasteiger partial charge in [-0.15, -0.1) is 0 Å². The Labute approximate surface area is 112 Å². The molecule has 0 radical (unpaired) electrons. The molecule has 1 fully saturated rings. The van der Waals surface area contributed by atoms with Crippen LogP contribution in [0.25, 0.3) is 0 Å². The van der Waals surface area contributed by atoms with Crippen LogP contribution in [0, 0.1) is 5.92 Å². The Morgan fingerprint density at radius 1 is 1.11 bits per heavy atom. The third kappa shape index (κ3) is 6.22. The number of carbonyl (C=O) groups excluding carboxylic acids is 1. The van der Waals surface area contributed by atoms with Gasteiger partial charge in [-0.05, 0) is 12.3 Å². The number of hydrogen-bond acceptors (Lipinski definition) is 3. The number of carboxylic acid groups (broad SMARTS) is 2. The quantitative estimate of drug-likeness (QED) is 0.649. The molecule has 0 spiro atoms. The highest BCUT2D eigenvalue weighted by molar-refractivity contribution is 5.86. The Morgan fingerprint density at radius 3 is 2.26 bits per heavy atom. The van der Waals surface area contributed by atoms with Crippen molar-refractivity contribution in [1.29, 1.82) is 0 Å². The minimum absolute atomic E-state index is 0.272. The van der Waals surface area contributed by atoms with E-state index in [9.17, 15) is 14.4 Å². The lowest BCUT2D eigenvalue weighted by molar-refractivity contribution is -0.147. The molecule has 19 heavy (non-hydrogen) atoms. The Kier molecular flexibility index (Phi) is 6.32. The van der Waals surface area contributed by atoms with Crippen molar-refractivity contribution in [1.82, 2.24) is 5.32 Å². The van der Waals surface area contributed by atoms with Gasteiger partial charge in [-0.3, -0.25) is 9.59 Å². The Bertz CT molecular complexity index is 336. The summed E-state index contributed by atoms with van der Waals surface area (Å²) < 4.78 is 0.